The van der Waals surface area contributed by atoms with Crippen molar-refractivity contribution in [2.45, 2.75) is 13.5 Å². The van der Waals surface area contributed by atoms with Crippen LogP contribution in [0.3, 0.4) is 0 Å². The van der Waals surface area contributed by atoms with Crippen LogP contribution in [0.2, 0.25) is 0 Å². The van der Waals surface area contributed by atoms with Crippen LogP contribution in [0.5, 0.6) is 0 Å². The van der Waals surface area contributed by atoms with Crippen LogP contribution >= 0.6 is 11.3 Å². The second-order valence-electron chi connectivity index (χ2n) is 6.10. The van der Waals surface area contributed by atoms with Gasteiger partial charge in [-0.2, -0.15) is 11.3 Å². The number of rotatable bonds is 5. The van der Waals surface area contributed by atoms with Crippen molar-refractivity contribution in [3.05, 3.63) is 87.6 Å². The van der Waals surface area contributed by atoms with Gasteiger partial charge in [0, 0.05) is 19.0 Å². The molecule has 0 atom stereocenters. The molecule has 4 nitrogen and oxygen atoms in total. The van der Waals surface area contributed by atoms with Crippen molar-refractivity contribution in [3.63, 3.8) is 0 Å². The first-order valence-electron chi connectivity index (χ1n) is 8.29. The highest BCUT2D eigenvalue weighted by molar-refractivity contribution is 7.08. The summed E-state index contributed by atoms with van der Waals surface area (Å²) in [5.41, 5.74) is 3.83. The average molecular weight is 364 g/mol. The molecule has 0 saturated heterocycles. The fourth-order valence-electron chi connectivity index (χ4n) is 2.69. The van der Waals surface area contributed by atoms with Gasteiger partial charge in [0.2, 0.25) is 0 Å². The summed E-state index contributed by atoms with van der Waals surface area (Å²) in [6, 6.07) is 16.8. The lowest BCUT2D eigenvalue weighted by Gasteiger charge is -2.20. The van der Waals surface area contributed by atoms with E-state index in [0.29, 0.717) is 23.4 Å². The Morgan fingerprint density at radius 2 is 1.77 bits per heavy atom. The lowest BCUT2D eigenvalue weighted by atomic mass is 10.1. The third kappa shape index (κ3) is 4.00. The van der Waals surface area contributed by atoms with Crippen LogP contribution in [-0.4, -0.2) is 23.8 Å². The van der Waals surface area contributed by atoms with Crippen LogP contribution in [0.15, 0.2) is 65.4 Å². The maximum atomic E-state index is 12.9. The van der Waals surface area contributed by atoms with Gasteiger partial charge in [0.05, 0.1) is 16.8 Å². The number of hydrogen-bond acceptors (Lipinski definition) is 3. The molecule has 0 spiro atoms. The van der Waals surface area contributed by atoms with Crippen molar-refractivity contribution < 1.29 is 9.59 Å². The minimum Gasteiger partial charge on any atom is -0.337 e. The fourth-order valence-corrected chi connectivity index (χ4v) is 3.32. The van der Waals surface area contributed by atoms with E-state index in [1.165, 1.54) is 11.3 Å². The summed E-state index contributed by atoms with van der Waals surface area (Å²) in [5, 5.41) is 6.48. The van der Waals surface area contributed by atoms with Crippen molar-refractivity contribution in [3.8, 4) is 0 Å². The van der Waals surface area contributed by atoms with E-state index in [1.54, 1.807) is 47.7 Å². The first-order chi connectivity index (χ1) is 12.6. The molecule has 0 bridgehead atoms. The van der Waals surface area contributed by atoms with Crippen molar-refractivity contribution >= 4 is 28.8 Å². The summed E-state index contributed by atoms with van der Waals surface area (Å²) in [6.07, 6.45) is 0. The molecular weight excluding hydrogens is 344 g/mol. The molecular formula is C21H20N2O2S. The average Bonchev–Trinajstić information content (AvgIpc) is 3.18. The monoisotopic (exact) mass is 364 g/mol. The molecule has 1 N–H and O–H groups in total. The predicted molar refractivity (Wildman–Crippen MR) is 106 cm³/mol. The molecule has 2 aromatic carbocycles. The molecule has 5 heteroatoms. The first kappa shape index (κ1) is 17.9. The SMILES string of the molecule is Cc1ccccc1CN(C)C(=O)c1ccccc1NC(=O)c1ccsc1. The Kier molecular flexibility index (Phi) is 5.49. The van der Waals surface area contributed by atoms with Crippen LogP contribution < -0.4 is 5.32 Å². The minimum atomic E-state index is -0.215. The van der Waals surface area contributed by atoms with Gasteiger partial charge in [-0.15, -0.1) is 0 Å². The molecule has 0 aliphatic carbocycles. The first-order valence-corrected chi connectivity index (χ1v) is 9.23. The van der Waals surface area contributed by atoms with Crippen LogP contribution in [0.25, 0.3) is 0 Å². The number of anilines is 1. The van der Waals surface area contributed by atoms with E-state index in [-0.39, 0.29) is 11.8 Å². The number of carbonyl (C=O) groups is 2. The van der Waals surface area contributed by atoms with Gasteiger partial charge >= 0.3 is 0 Å². The van der Waals surface area contributed by atoms with Gasteiger partial charge in [0.15, 0.2) is 0 Å². The quantitative estimate of drug-likeness (QED) is 0.720. The minimum absolute atomic E-state index is 0.130. The molecule has 0 aliphatic rings. The number of thiophene rings is 1. The number of nitrogens with one attached hydrogen (secondary N) is 1. The highest BCUT2D eigenvalue weighted by Crippen LogP contribution is 2.20. The predicted octanol–water partition coefficient (Wildman–Crippen LogP) is 4.58. The molecule has 26 heavy (non-hydrogen) atoms. The van der Waals surface area contributed by atoms with Gasteiger partial charge in [-0.25, -0.2) is 0 Å². The number of carbonyl (C=O) groups excluding carboxylic acids is 2. The van der Waals surface area contributed by atoms with Gasteiger partial charge in [0.1, 0.15) is 0 Å². The van der Waals surface area contributed by atoms with Gasteiger partial charge < -0.3 is 10.2 Å². The Labute approximate surface area is 157 Å². The Morgan fingerprint density at radius 3 is 2.50 bits per heavy atom. The molecule has 0 radical (unpaired) electrons. The number of hydrogen-bond donors (Lipinski definition) is 1. The molecule has 1 heterocycles. The summed E-state index contributed by atoms with van der Waals surface area (Å²) < 4.78 is 0. The normalized spacial score (nSPS) is 10.4. The molecule has 3 rings (SSSR count). The Morgan fingerprint density at radius 1 is 1.04 bits per heavy atom. The van der Waals surface area contributed by atoms with Gasteiger partial charge in [-0.05, 0) is 41.6 Å². The highest BCUT2D eigenvalue weighted by Gasteiger charge is 2.18. The Bertz CT molecular complexity index is 919. The lowest BCUT2D eigenvalue weighted by molar-refractivity contribution is 0.0786. The fraction of sp³-hybridized carbons (Fsp3) is 0.143. The summed E-state index contributed by atoms with van der Waals surface area (Å²) in [6.45, 7) is 2.54. The summed E-state index contributed by atoms with van der Waals surface area (Å²) in [7, 11) is 1.77. The number of amides is 2. The zero-order valence-electron chi connectivity index (χ0n) is 14.7. The zero-order chi connectivity index (χ0) is 18.5. The topological polar surface area (TPSA) is 49.4 Å². The van der Waals surface area contributed by atoms with E-state index in [0.717, 1.165) is 11.1 Å². The standard InChI is InChI=1S/C21H20N2O2S/c1-15-7-3-4-8-16(15)13-23(2)21(25)18-9-5-6-10-19(18)22-20(24)17-11-12-26-14-17/h3-12,14H,13H2,1-2H3,(H,22,24). The second-order valence-corrected chi connectivity index (χ2v) is 6.88. The molecule has 0 unspecified atom stereocenters. The second kappa shape index (κ2) is 7.97. The van der Waals surface area contributed by atoms with Crippen molar-refractivity contribution in [1.29, 1.82) is 0 Å². The molecule has 0 saturated carbocycles. The Hall–Kier alpha value is -2.92. The smallest absolute Gasteiger partial charge is 0.256 e. The van der Waals surface area contributed by atoms with Crippen LogP contribution in [0, 0.1) is 6.92 Å². The van der Waals surface area contributed by atoms with E-state index in [1.807, 2.05) is 36.6 Å². The largest absolute Gasteiger partial charge is 0.337 e. The van der Waals surface area contributed by atoms with E-state index < -0.39 is 0 Å². The highest BCUT2D eigenvalue weighted by atomic mass is 32.1. The lowest BCUT2D eigenvalue weighted by Crippen LogP contribution is -2.27. The zero-order valence-corrected chi connectivity index (χ0v) is 15.5. The molecule has 132 valence electrons. The Balaban J connectivity index is 1.79. The van der Waals surface area contributed by atoms with Crippen molar-refractivity contribution in [2.75, 3.05) is 12.4 Å². The summed E-state index contributed by atoms with van der Waals surface area (Å²) in [4.78, 5) is 26.9. The van der Waals surface area contributed by atoms with Gasteiger partial charge in [-0.3, -0.25) is 9.59 Å². The molecule has 3 aromatic rings. The van der Waals surface area contributed by atoms with E-state index in [9.17, 15) is 9.59 Å². The van der Waals surface area contributed by atoms with Gasteiger partial charge in [-0.1, -0.05) is 36.4 Å². The van der Waals surface area contributed by atoms with Gasteiger partial charge in [0.25, 0.3) is 11.8 Å². The van der Waals surface area contributed by atoms with E-state index >= 15 is 0 Å². The van der Waals surface area contributed by atoms with E-state index in [4.69, 9.17) is 0 Å². The van der Waals surface area contributed by atoms with Crippen molar-refractivity contribution in [1.82, 2.24) is 4.90 Å². The molecule has 0 aliphatic heterocycles. The van der Waals surface area contributed by atoms with Crippen LogP contribution in [-0.2, 0) is 6.54 Å². The number of benzene rings is 2. The molecule has 2 amide bonds. The number of para-hydroxylation sites is 1. The van der Waals surface area contributed by atoms with Crippen molar-refractivity contribution in [2.24, 2.45) is 0 Å². The van der Waals surface area contributed by atoms with Crippen LogP contribution in [0.4, 0.5) is 5.69 Å². The molecule has 0 fully saturated rings. The van der Waals surface area contributed by atoms with E-state index in [2.05, 4.69) is 5.32 Å². The number of aryl methyl sites for hydroxylation is 1. The third-order valence-corrected chi connectivity index (χ3v) is 4.89. The third-order valence-electron chi connectivity index (χ3n) is 4.20. The van der Waals surface area contributed by atoms with Crippen LogP contribution in [0.1, 0.15) is 31.8 Å². The molecule has 1 aromatic heterocycles. The summed E-state index contributed by atoms with van der Waals surface area (Å²) in [5.74, 6) is -0.345. The maximum absolute atomic E-state index is 12.9. The maximum Gasteiger partial charge on any atom is 0.256 e. The summed E-state index contributed by atoms with van der Waals surface area (Å²) >= 11 is 1.46. The number of nitrogens with zero attached hydrogens (tertiary/aromatic N) is 1.